The summed E-state index contributed by atoms with van der Waals surface area (Å²) in [7, 11) is 0. The maximum absolute atomic E-state index is 12.9. The van der Waals surface area contributed by atoms with Crippen LogP contribution in [-0.4, -0.2) is 63.8 Å². The highest BCUT2D eigenvalue weighted by molar-refractivity contribution is 6.11. The molecule has 56 heavy (non-hydrogen) atoms. The van der Waals surface area contributed by atoms with Gasteiger partial charge in [-0.2, -0.15) is 0 Å². The molecule has 0 spiro atoms. The van der Waals surface area contributed by atoms with Crippen LogP contribution < -0.4 is 9.47 Å². The van der Waals surface area contributed by atoms with Gasteiger partial charge in [0.1, 0.15) is 24.7 Å². The summed E-state index contributed by atoms with van der Waals surface area (Å²) in [6, 6.07) is 16.1. The van der Waals surface area contributed by atoms with Crippen molar-refractivity contribution in [3.8, 4) is 11.5 Å². The number of hydrogen-bond acceptors (Lipinski definition) is 8. The number of ether oxygens (including phenoxy) is 6. The molecule has 0 saturated heterocycles. The quantitative estimate of drug-likeness (QED) is 0.0352. The summed E-state index contributed by atoms with van der Waals surface area (Å²) in [5.41, 5.74) is 0. The molecule has 0 aromatic heterocycles. The molecule has 0 N–H and O–H groups in total. The van der Waals surface area contributed by atoms with Crippen LogP contribution >= 0.6 is 0 Å². The molecule has 3 aromatic carbocycles. The smallest absolute Gasteiger partial charge is 0.306 e. The van der Waals surface area contributed by atoms with Crippen LogP contribution in [0.15, 0.2) is 48.5 Å². The van der Waals surface area contributed by atoms with Crippen molar-refractivity contribution in [1.82, 2.24) is 0 Å². The number of hydrogen-bond donors (Lipinski definition) is 0. The predicted molar refractivity (Wildman–Crippen MR) is 229 cm³/mol. The number of carbonyl (C=O) groups excluding carboxylic acids is 2. The van der Waals surface area contributed by atoms with Crippen molar-refractivity contribution >= 4 is 33.5 Å². The van der Waals surface area contributed by atoms with Crippen LogP contribution in [0.3, 0.4) is 0 Å². The first kappa shape index (κ1) is 47.0. The number of benzene rings is 3. The minimum atomic E-state index is -0.552. The average Bonchev–Trinajstić information content (AvgIpc) is 3.21. The molecule has 0 saturated carbocycles. The minimum Gasteiger partial charge on any atom is -0.488 e. The first-order valence-electron chi connectivity index (χ1n) is 22.1. The van der Waals surface area contributed by atoms with E-state index in [1.165, 1.54) is 12.8 Å². The number of rotatable bonds is 32. The molecular weight excluding hydrogens is 705 g/mol. The van der Waals surface area contributed by atoms with Gasteiger partial charge < -0.3 is 28.4 Å². The van der Waals surface area contributed by atoms with Crippen molar-refractivity contribution in [3.05, 3.63) is 48.5 Å². The van der Waals surface area contributed by atoms with Crippen LogP contribution in [0, 0.1) is 11.8 Å². The predicted octanol–water partition coefficient (Wildman–Crippen LogP) is 12.2. The second kappa shape index (κ2) is 28.1. The molecule has 3 rings (SSSR count). The molecule has 0 amide bonds. The van der Waals surface area contributed by atoms with E-state index < -0.39 is 12.2 Å². The molecule has 0 heterocycles. The number of carbonyl (C=O) groups is 2. The molecule has 0 fully saturated rings. The summed E-state index contributed by atoms with van der Waals surface area (Å²) in [4.78, 5) is 25.9. The van der Waals surface area contributed by atoms with Crippen LogP contribution in [0.25, 0.3) is 21.5 Å². The van der Waals surface area contributed by atoms with Gasteiger partial charge in [-0.3, -0.25) is 9.59 Å². The monoisotopic (exact) mass is 779 g/mol. The second-order valence-electron chi connectivity index (χ2n) is 15.4. The van der Waals surface area contributed by atoms with Crippen molar-refractivity contribution in [1.29, 1.82) is 0 Å². The van der Waals surface area contributed by atoms with Gasteiger partial charge in [-0.15, -0.1) is 0 Å². The van der Waals surface area contributed by atoms with Gasteiger partial charge in [0.05, 0.1) is 13.2 Å². The van der Waals surface area contributed by atoms with Crippen molar-refractivity contribution in [3.63, 3.8) is 0 Å². The lowest BCUT2D eigenvalue weighted by atomic mass is 10.0. The van der Waals surface area contributed by atoms with Crippen LogP contribution in [0.5, 0.6) is 11.5 Å². The van der Waals surface area contributed by atoms with E-state index in [-0.39, 0.29) is 38.4 Å². The molecule has 0 radical (unpaired) electrons. The third-order valence-corrected chi connectivity index (χ3v) is 10.6. The van der Waals surface area contributed by atoms with Gasteiger partial charge in [0.25, 0.3) is 0 Å². The number of unbranched alkanes of at least 4 members (excludes halogenated alkanes) is 6. The van der Waals surface area contributed by atoms with Crippen molar-refractivity contribution in [2.24, 2.45) is 11.8 Å². The minimum absolute atomic E-state index is 0.157. The fraction of sp³-hybridized carbons (Fsp3) is 0.667. The largest absolute Gasteiger partial charge is 0.488 e. The first-order chi connectivity index (χ1) is 27.4. The van der Waals surface area contributed by atoms with Gasteiger partial charge in [0.2, 0.25) is 0 Å². The van der Waals surface area contributed by atoms with E-state index in [2.05, 4.69) is 41.5 Å². The molecular formula is C48H74O8. The molecule has 4 atom stereocenters. The Morgan fingerprint density at radius 3 is 1.14 bits per heavy atom. The molecule has 0 bridgehead atoms. The van der Waals surface area contributed by atoms with Gasteiger partial charge in [-0.05, 0) is 37.5 Å². The highest BCUT2D eigenvalue weighted by atomic mass is 16.6. The summed E-state index contributed by atoms with van der Waals surface area (Å²) in [5.74, 6) is 1.92. The summed E-state index contributed by atoms with van der Waals surface area (Å²) in [6.45, 7) is 15.2. The van der Waals surface area contributed by atoms with E-state index in [1.807, 2.05) is 48.5 Å². The third kappa shape index (κ3) is 16.6. The molecule has 4 unspecified atom stereocenters. The Balaban J connectivity index is 1.86. The Morgan fingerprint density at radius 1 is 0.464 bits per heavy atom. The fourth-order valence-corrected chi connectivity index (χ4v) is 7.00. The Labute approximate surface area is 338 Å². The van der Waals surface area contributed by atoms with Gasteiger partial charge >= 0.3 is 11.9 Å². The van der Waals surface area contributed by atoms with E-state index in [9.17, 15) is 9.59 Å². The lowest BCUT2D eigenvalue weighted by molar-refractivity contribution is -0.155. The molecule has 8 nitrogen and oxygen atoms in total. The Bertz CT molecular complexity index is 1350. The Morgan fingerprint density at radius 2 is 0.821 bits per heavy atom. The van der Waals surface area contributed by atoms with E-state index in [4.69, 9.17) is 28.4 Å². The van der Waals surface area contributed by atoms with Gasteiger partial charge in [0.15, 0.2) is 12.2 Å². The van der Waals surface area contributed by atoms with Crippen molar-refractivity contribution < 1.29 is 38.0 Å². The normalized spacial score (nSPS) is 13.7. The highest BCUT2D eigenvalue weighted by Crippen LogP contribution is 2.43. The summed E-state index contributed by atoms with van der Waals surface area (Å²) >= 11 is 0. The van der Waals surface area contributed by atoms with Crippen LogP contribution in [-0.2, 0) is 28.5 Å². The number of fused-ring (bicyclic) bond motifs is 2. The van der Waals surface area contributed by atoms with Gasteiger partial charge in [-0.25, -0.2) is 0 Å². The topological polar surface area (TPSA) is 89.5 Å². The van der Waals surface area contributed by atoms with Crippen LogP contribution in [0.1, 0.15) is 144 Å². The van der Waals surface area contributed by atoms with Crippen LogP contribution in [0.2, 0.25) is 0 Å². The summed E-state index contributed by atoms with van der Waals surface area (Å²) < 4.78 is 37.7. The van der Waals surface area contributed by atoms with Crippen molar-refractivity contribution in [2.75, 3.05) is 39.6 Å². The zero-order valence-electron chi connectivity index (χ0n) is 35.8. The summed E-state index contributed by atoms with van der Waals surface area (Å²) in [6.07, 6.45) is 14.4. The molecule has 0 aliphatic carbocycles. The Hall–Kier alpha value is -3.36. The van der Waals surface area contributed by atoms with Crippen molar-refractivity contribution in [2.45, 2.75) is 156 Å². The van der Waals surface area contributed by atoms with Gasteiger partial charge in [-0.1, -0.05) is 154 Å². The van der Waals surface area contributed by atoms with Gasteiger partial charge in [0, 0.05) is 47.6 Å². The zero-order chi connectivity index (χ0) is 40.4. The number of esters is 2. The fourth-order valence-electron chi connectivity index (χ4n) is 7.00. The zero-order valence-corrected chi connectivity index (χ0v) is 35.8. The first-order valence-corrected chi connectivity index (χ1v) is 22.1. The molecule has 0 aliphatic heterocycles. The maximum atomic E-state index is 12.9. The second-order valence-corrected chi connectivity index (χ2v) is 15.4. The van der Waals surface area contributed by atoms with E-state index >= 15 is 0 Å². The van der Waals surface area contributed by atoms with Crippen LogP contribution in [0.4, 0.5) is 0 Å². The highest BCUT2D eigenvalue weighted by Gasteiger charge is 2.23. The Kier molecular flexibility index (Phi) is 23.6. The van der Waals surface area contributed by atoms with E-state index in [0.29, 0.717) is 49.4 Å². The lowest BCUT2D eigenvalue weighted by Crippen LogP contribution is -2.31. The average molecular weight is 779 g/mol. The lowest BCUT2D eigenvalue weighted by Gasteiger charge is -2.24. The molecule has 314 valence electrons. The third-order valence-electron chi connectivity index (χ3n) is 10.6. The van der Waals surface area contributed by atoms with E-state index in [1.54, 1.807) is 0 Å². The van der Waals surface area contributed by atoms with E-state index in [0.717, 1.165) is 98.6 Å². The molecule has 3 aromatic rings. The molecule has 0 aliphatic rings. The summed E-state index contributed by atoms with van der Waals surface area (Å²) in [5, 5.41) is 3.53. The SMILES string of the molecule is CCCCCC(=O)OC(COCC(CC)CCCC)COc1c2ccccc2c(OCC(COCC(CC)CCCC)OC(=O)CCCCC)c2ccccc12. The maximum Gasteiger partial charge on any atom is 0.306 e. The molecule has 8 heteroatoms. The standard InChI is InChI=1S/C48H74O8/c1-7-13-17-29-45(49)55-39(33-51-31-37(11-5)23-15-9-3)35-53-47-41-25-19-21-27-43(41)48(44-28-22-20-26-42(44)47)54-36-40(56-46(50)30-18-14-8-2)34-52-32-38(12-6)24-16-10-4/h19-22,25-28,37-40H,7-18,23-24,29-36H2,1-6H3.